The molecule has 8 bridgehead atoms. The molecule has 0 amide bonds. The van der Waals surface area contributed by atoms with Gasteiger partial charge in [-0.2, -0.15) is 0 Å². The lowest BCUT2D eigenvalue weighted by Crippen LogP contribution is -2.18. The standard InChI is InChI=1S/C76H88O8/c1-73(2,3)65-49-57-45-59-51-66(74(4,5)6)53-61(70(59)82-42-34-26-18-14-22-30-38-78)47-63-55-68(76(10,11)12)56-64(72(63)84-44-36-28-20-16-24-32-40-80)48-62-54-67(75(7,8)9)52-60(71(62)83-43-35-27-19-15-23-31-39-79)46-58(50-65)69(57)81-41-33-25-17-13-21-29-37-77/h49-56,77-80H,21-24,29-32,37-48H2,1-12H3. The zero-order valence-corrected chi connectivity index (χ0v) is 52.2. The van der Waals surface area contributed by atoms with E-state index in [0.717, 1.165) is 66.8 Å². The molecule has 0 atom stereocenters. The number of unbranched alkanes of at least 4 members (excludes halogenated alkanes) is 4. The molecule has 4 aromatic rings. The molecular formula is C76H88O8. The molecule has 0 radical (unpaired) electrons. The molecule has 5 rings (SSSR count). The van der Waals surface area contributed by atoms with Crippen LogP contribution in [0.5, 0.6) is 23.0 Å². The average Bonchev–Trinajstić information content (AvgIpc) is 2.74. The summed E-state index contributed by atoms with van der Waals surface area (Å²) in [5, 5.41) is 37.3. The van der Waals surface area contributed by atoms with Crippen LogP contribution in [-0.2, 0) is 47.3 Å². The number of aliphatic hydroxyl groups excluding tert-OH is 4. The van der Waals surface area contributed by atoms with Crippen molar-refractivity contribution in [1.82, 2.24) is 0 Å². The van der Waals surface area contributed by atoms with Gasteiger partial charge in [-0.25, -0.2) is 0 Å². The number of hydrogen-bond donors (Lipinski definition) is 4. The normalized spacial score (nSPS) is 11.6. The molecule has 8 nitrogen and oxygen atoms in total. The zero-order valence-electron chi connectivity index (χ0n) is 52.2. The van der Waals surface area contributed by atoms with Gasteiger partial charge in [0.1, 0.15) is 49.4 Å². The van der Waals surface area contributed by atoms with Crippen LogP contribution >= 0.6 is 0 Å². The highest BCUT2D eigenvalue weighted by Crippen LogP contribution is 2.44. The zero-order chi connectivity index (χ0) is 61.2. The van der Waals surface area contributed by atoms with E-state index in [2.05, 4.69) is 226 Å². The molecule has 4 N–H and O–H groups in total. The van der Waals surface area contributed by atoms with E-state index in [1.54, 1.807) is 0 Å². The third-order valence-electron chi connectivity index (χ3n) is 13.9. The summed E-state index contributed by atoms with van der Waals surface area (Å²) < 4.78 is 28.0. The van der Waals surface area contributed by atoms with Crippen LogP contribution in [0, 0.1) is 94.7 Å². The Morgan fingerprint density at radius 2 is 0.452 bits per heavy atom. The second-order valence-corrected chi connectivity index (χ2v) is 25.1. The van der Waals surface area contributed by atoms with Crippen LogP contribution in [0.15, 0.2) is 48.5 Å². The Kier molecular flexibility index (Phi) is 26.4. The first-order valence-corrected chi connectivity index (χ1v) is 29.5. The highest BCUT2D eigenvalue weighted by molar-refractivity contribution is 5.60. The van der Waals surface area contributed by atoms with Gasteiger partial charge in [-0.05, 0) is 185 Å². The van der Waals surface area contributed by atoms with Crippen molar-refractivity contribution in [3.05, 3.63) is 115 Å². The predicted octanol–water partition coefficient (Wildman–Crippen LogP) is 12.2. The molecule has 1 aliphatic rings. The van der Waals surface area contributed by atoms with Crippen LogP contribution in [-0.4, -0.2) is 73.3 Å². The van der Waals surface area contributed by atoms with Crippen molar-refractivity contribution in [2.45, 2.75) is 182 Å². The summed E-state index contributed by atoms with van der Waals surface area (Å²) in [6.45, 7) is 27.4. The van der Waals surface area contributed by atoms with Gasteiger partial charge in [0.05, 0.1) is 0 Å². The van der Waals surface area contributed by atoms with Gasteiger partial charge >= 0.3 is 0 Å². The molecule has 0 unspecified atom stereocenters. The summed E-state index contributed by atoms with van der Waals surface area (Å²) in [5.41, 5.74) is 11.1. The Balaban J connectivity index is 1.98. The van der Waals surface area contributed by atoms with E-state index < -0.39 is 0 Å². The first-order valence-electron chi connectivity index (χ1n) is 29.5. The van der Waals surface area contributed by atoms with Crippen LogP contribution in [0.25, 0.3) is 0 Å². The molecule has 0 saturated heterocycles. The molecule has 440 valence electrons. The third-order valence-corrected chi connectivity index (χ3v) is 13.9. The number of fused-ring (bicyclic) bond motifs is 8. The van der Waals surface area contributed by atoms with Crippen molar-refractivity contribution >= 4 is 0 Å². The number of hydrogen-bond acceptors (Lipinski definition) is 8. The van der Waals surface area contributed by atoms with Crippen molar-refractivity contribution in [2.75, 3.05) is 52.9 Å². The van der Waals surface area contributed by atoms with Gasteiger partial charge in [0, 0.05) is 77.8 Å². The molecule has 0 heterocycles. The van der Waals surface area contributed by atoms with Crippen LogP contribution in [0.3, 0.4) is 0 Å². The molecule has 0 spiro atoms. The maximum absolute atomic E-state index is 9.33. The fourth-order valence-corrected chi connectivity index (χ4v) is 9.21. The topological polar surface area (TPSA) is 118 Å². The van der Waals surface area contributed by atoms with Crippen LogP contribution in [0.4, 0.5) is 0 Å². The minimum absolute atomic E-state index is 0.0735. The van der Waals surface area contributed by atoms with E-state index in [0.29, 0.717) is 100 Å². The molecular weight excluding hydrogens is 1040 g/mol. The van der Waals surface area contributed by atoms with E-state index in [1.165, 1.54) is 0 Å². The lowest BCUT2D eigenvalue weighted by Gasteiger charge is -2.29. The van der Waals surface area contributed by atoms with Crippen LogP contribution in [0.2, 0.25) is 0 Å². The van der Waals surface area contributed by atoms with Gasteiger partial charge in [-0.1, -0.05) is 155 Å². The van der Waals surface area contributed by atoms with Gasteiger partial charge < -0.3 is 39.4 Å². The predicted molar refractivity (Wildman–Crippen MR) is 341 cm³/mol. The molecule has 0 saturated carbocycles. The van der Waals surface area contributed by atoms with Gasteiger partial charge in [-0.15, -0.1) is 0 Å². The van der Waals surface area contributed by atoms with Crippen LogP contribution < -0.4 is 18.9 Å². The van der Waals surface area contributed by atoms with E-state index in [1.807, 2.05) is 0 Å². The first-order chi connectivity index (χ1) is 40.1. The lowest BCUT2D eigenvalue weighted by molar-refractivity contribution is 0.290. The number of benzene rings is 4. The lowest BCUT2D eigenvalue weighted by atomic mass is 9.79. The summed E-state index contributed by atoms with van der Waals surface area (Å²) >= 11 is 0. The molecule has 0 aliphatic heterocycles. The minimum Gasteiger partial charge on any atom is -0.480 e. The largest absolute Gasteiger partial charge is 0.480 e. The fraction of sp³-hybridized carbons (Fsp3) is 0.474. The molecule has 1 aliphatic carbocycles. The minimum atomic E-state index is -0.273. The molecule has 8 heteroatoms. The van der Waals surface area contributed by atoms with E-state index in [4.69, 9.17) is 18.9 Å². The van der Waals surface area contributed by atoms with E-state index >= 15 is 0 Å². The molecule has 0 fully saturated rings. The summed E-state index contributed by atoms with van der Waals surface area (Å²) in [4.78, 5) is 0. The molecule has 0 aromatic heterocycles. The van der Waals surface area contributed by atoms with Crippen molar-refractivity contribution in [3.63, 3.8) is 0 Å². The molecule has 4 aromatic carbocycles. The third kappa shape index (κ3) is 21.5. The first kappa shape index (κ1) is 67.2. The summed E-state index contributed by atoms with van der Waals surface area (Å²) in [5.74, 6) is 51.4. The van der Waals surface area contributed by atoms with Crippen molar-refractivity contribution < 1.29 is 39.4 Å². The quantitative estimate of drug-likeness (QED) is 0.0570. The number of rotatable bonds is 16. The van der Waals surface area contributed by atoms with Gasteiger partial charge in [0.25, 0.3) is 0 Å². The van der Waals surface area contributed by atoms with Gasteiger partial charge in [0.15, 0.2) is 0 Å². The van der Waals surface area contributed by atoms with E-state index in [-0.39, 0.29) is 74.5 Å². The smallest absolute Gasteiger partial charge is 0.150 e. The Bertz CT molecular complexity index is 2880. The monoisotopic (exact) mass is 1130 g/mol. The van der Waals surface area contributed by atoms with Crippen molar-refractivity contribution in [1.29, 1.82) is 0 Å². The van der Waals surface area contributed by atoms with Crippen molar-refractivity contribution in [3.8, 4) is 118 Å². The fourth-order valence-electron chi connectivity index (χ4n) is 9.21. The van der Waals surface area contributed by atoms with Gasteiger partial charge in [-0.3, -0.25) is 0 Å². The van der Waals surface area contributed by atoms with Gasteiger partial charge in [0.2, 0.25) is 0 Å². The Morgan fingerprint density at radius 3 is 0.607 bits per heavy atom. The molecule has 84 heavy (non-hydrogen) atoms. The number of ether oxygens (including phenoxy) is 4. The second kappa shape index (κ2) is 33.0. The Labute approximate surface area is 504 Å². The Morgan fingerprint density at radius 1 is 0.286 bits per heavy atom. The highest BCUT2D eigenvalue weighted by Gasteiger charge is 2.29. The number of aliphatic hydroxyl groups is 4. The van der Waals surface area contributed by atoms with Crippen LogP contribution in [0.1, 0.15) is 201 Å². The highest BCUT2D eigenvalue weighted by atomic mass is 16.5. The maximum Gasteiger partial charge on any atom is 0.150 e. The summed E-state index contributed by atoms with van der Waals surface area (Å²) in [6, 6.07) is 18.2. The average molecular weight is 1130 g/mol. The van der Waals surface area contributed by atoms with Crippen molar-refractivity contribution in [2.24, 2.45) is 0 Å². The van der Waals surface area contributed by atoms with E-state index in [9.17, 15) is 20.4 Å². The maximum atomic E-state index is 9.33. The summed E-state index contributed by atoms with van der Waals surface area (Å²) in [6.07, 6.45) is 6.26. The SMILES string of the molecule is CC(C)(C)c1cc2c(OCC#CC#CCCCO)c(c1)Cc1cc(C(C)(C)C)cc(c1OCC#CC#CCCCO)Cc1cc(C(C)(C)C)cc(c1OCC#CC#CCCCO)Cc1cc(C(C)(C)C)cc(c1OCC#CC#CCCCO)C2. The second-order valence-electron chi connectivity index (χ2n) is 25.1. The summed E-state index contributed by atoms with van der Waals surface area (Å²) in [7, 11) is 0. The Hall–Kier alpha value is -7.60.